The second-order valence-corrected chi connectivity index (χ2v) is 9.81. The standard InChI is InChI=1S/C21H41NO/c1-15(2)22(19-12-20(13-19)23-16(3)4)14-17-8-10-18(11-9-17)21(5,6)7/h15-20H,8-14H2,1-7H3/t17-,18-,19-,20-. The van der Waals surface area contributed by atoms with Gasteiger partial charge in [-0.15, -0.1) is 0 Å². The zero-order valence-corrected chi connectivity index (χ0v) is 16.8. The van der Waals surface area contributed by atoms with Crippen LogP contribution < -0.4 is 0 Å². The van der Waals surface area contributed by atoms with Crippen LogP contribution in [0.2, 0.25) is 0 Å². The summed E-state index contributed by atoms with van der Waals surface area (Å²) in [6.45, 7) is 17.6. The van der Waals surface area contributed by atoms with E-state index in [4.69, 9.17) is 4.74 Å². The van der Waals surface area contributed by atoms with Gasteiger partial charge in [-0.2, -0.15) is 0 Å². The Kier molecular flexibility index (Phi) is 6.58. The van der Waals surface area contributed by atoms with Crippen molar-refractivity contribution >= 4 is 0 Å². The van der Waals surface area contributed by atoms with E-state index in [2.05, 4.69) is 53.4 Å². The number of nitrogens with zero attached hydrogens (tertiary/aromatic N) is 1. The van der Waals surface area contributed by atoms with Gasteiger partial charge in [-0.1, -0.05) is 20.8 Å². The highest BCUT2D eigenvalue weighted by molar-refractivity contribution is 4.91. The molecule has 0 aromatic carbocycles. The smallest absolute Gasteiger partial charge is 0.0608 e. The third-order valence-electron chi connectivity index (χ3n) is 6.21. The lowest BCUT2D eigenvalue weighted by Gasteiger charge is -2.47. The molecule has 0 spiro atoms. The van der Waals surface area contributed by atoms with Gasteiger partial charge in [-0.3, -0.25) is 4.90 Å². The summed E-state index contributed by atoms with van der Waals surface area (Å²) in [5.74, 6) is 1.85. The molecule has 0 unspecified atom stereocenters. The molecule has 23 heavy (non-hydrogen) atoms. The molecule has 2 nitrogen and oxygen atoms in total. The van der Waals surface area contributed by atoms with E-state index in [1.165, 1.54) is 45.1 Å². The summed E-state index contributed by atoms with van der Waals surface area (Å²) in [6, 6.07) is 1.43. The van der Waals surface area contributed by atoms with Crippen molar-refractivity contribution in [2.75, 3.05) is 6.54 Å². The summed E-state index contributed by atoms with van der Waals surface area (Å²) < 4.78 is 5.96. The minimum absolute atomic E-state index is 0.376. The lowest BCUT2D eigenvalue weighted by Crippen LogP contribution is -2.53. The Morgan fingerprint density at radius 2 is 1.52 bits per heavy atom. The molecule has 2 saturated carbocycles. The monoisotopic (exact) mass is 323 g/mol. The average molecular weight is 324 g/mol. The fourth-order valence-electron chi connectivity index (χ4n) is 4.60. The molecule has 2 rings (SSSR count). The molecular formula is C21H41NO. The molecule has 2 fully saturated rings. The second-order valence-electron chi connectivity index (χ2n) is 9.81. The molecule has 0 radical (unpaired) electrons. The first kappa shape index (κ1) is 19.2. The molecule has 0 bridgehead atoms. The van der Waals surface area contributed by atoms with Gasteiger partial charge in [-0.05, 0) is 83.5 Å². The zero-order chi connectivity index (χ0) is 17.2. The predicted molar refractivity (Wildman–Crippen MR) is 99.8 cm³/mol. The third-order valence-corrected chi connectivity index (χ3v) is 6.21. The van der Waals surface area contributed by atoms with Crippen LogP contribution >= 0.6 is 0 Å². The first-order valence-corrected chi connectivity index (χ1v) is 10.1. The van der Waals surface area contributed by atoms with Gasteiger partial charge in [0.25, 0.3) is 0 Å². The number of hydrogen-bond acceptors (Lipinski definition) is 2. The van der Waals surface area contributed by atoms with E-state index < -0.39 is 0 Å². The minimum atomic E-state index is 0.376. The van der Waals surface area contributed by atoms with Crippen molar-refractivity contribution in [3.8, 4) is 0 Å². The van der Waals surface area contributed by atoms with Gasteiger partial charge in [0.1, 0.15) is 0 Å². The van der Waals surface area contributed by atoms with Gasteiger partial charge in [0.2, 0.25) is 0 Å². The number of hydrogen-bond donors (Lipinski definition) is 0. The van der Waals surface area contributed by atoms with E-state index >= 15 is 0 Å². The number of rotatable bonds is 6. The molecule has 0 amide bonds. The quantitative estimate of drug-likeness (QED) is 0.639. The fourth-order valence-corrected chi connectivity index (χ4v) is 4.60. The topological polar surface area (TPSA) is 12.5 Å². The second kappa shape index (κ2) is 7.87. The molecule has 0 N–H and O–H groups in total. The molecule has 0 heterocycles. The molecule has 2 aliphatic carbocycles. The van der Waals surface area contributed by atoms with E-state index in [1.807, 2.05) is 0 Å². The van der Waals surface area contributed by atoms with Crippen LogP contribution in [0, 0.1) is 17.3 Å². The van der Waals surface area contributed by atoms with Crippen LogP contribution in [-0.2, 0) is 4.74 Å². The van der Waals surface area contributed by atoms with Crippen LogP contribution in [0.25, 0.3) is 0 Å². The van der Waals surface area contributed by atoms with Crippen molar-refractivity contribution < 1.29 is 4.74 Å². The maximum absolute atomic E-state index is 5.96. The SMILES string of the molecule is CC(C)O[C@H]1C[C@H](N(C[C@H]2CC[C@H](C(C)(C)C)CC2)C(C)C)C1. The van der Waals surface area contributed by atoms with Gasteiger partial charge in [0.05, 0.1) is 12.2 Å². The molecule has 0 aromatic rings. The average Bonchev–Trinajstić information content (AvgIpc) is 2.39. The summed E-state index contributed by atoms with van der Waals surface area (Å²) in [4.78, 5) is 2.78. The van der Waals surface area contributed by atoms with Gasteiger partial charge < -0.3 is 4.74 Å². The lowest BCUT2D eigenvalue weighted by atomic mass is 9.69. The maximum atomic E-state index is 5.96. The molecule has 2 aliphatic rings. The predicted octanol–water partition coefficient (Wildman–Crippen LogP) is 5.51. The number of ether oxygens (including phenoxy) is 1. The Bertz CT molecular complexity index is 343. The van der Waals surface area contributed by atoms with Crippen molar-refractivity contribution in [1.82, 2.24) is 4.90 Å². The third kappa shape index (κ3) is 5.46. The van der Waals surface area contributed by atoms with Crippen LogP contribution in [0.4, 0.5) is 0 Å². The van der Waals surface area contributed by atoms with E-state index in [-0.39, 0.29) is 0 Å². The first-order valence-electron chi connectivity index (χ1n) is 10.1. The van der Waals surface area contributed by atoms with E-state index in [0.717, 1.165) is 17.9 Å². The van der Waals surface area contributed by atoms with Crippen LogP contribution in [0.15, 0.2) is 0 Å². The van der Waals surface area contributed by atoms with E-state index in [0.29, 0.717) is 23.7 Å². The van der Waals surface area contributed by atoms with Crippen molar-refractivity contribution in [1.29, 1.82) is 0 Å². The van der Waals surface area contributed by atoms with Crippen molar-refractivity contribution in [3.63, 3.8) is 0 Å². The van der Waals surface area contributed by atoms with Gasteiger partial charge in [-0.25, -0.2) is 0 Å². The maximum Gasteiger partial charge on any atom is 0.0608 e. The Hall–Kier alpha value is -0.0800. The first-order chi connectivity index (χ1) is 10.7. The Labute approximate surface area is 145 Å². The van der Waals surface area contributed by atoms with E-state index in [1.54, 1.807) is 0 Å². The van der Waals surface area contributed by atoms with E-state index in [9.17, 15) is 0 Å². The largest absolute Gasteiger partial charge is 0.375 e. The summed E-state index contributed by atoms with van der Waals surface area (Å²) >= 11 is 0. The van der Waals surface area contributed by atoms with Crippen LogP contribution in [0.3, 0.4) is 0 Å². The summed E-state index contributed by atoms with van der Waals surface area (Å²) in [6.07, 6.45) is 9.11. The van der Waals surface area contributed by atoms with Crippen LogP contribution in [0.5, 0.6) is 0 Å². The molecule has 0 atom stereocenters. The Balaban J connectivity index is 1.78. The summed E-state index contributed by atoms with van der Waals surface area (Å²) in [5.41, 5.74) is 0.498. The lowest BCUT2D eigenvalue weighted by molar-refractivity contribution is -0.0860. The van der Waals surface area contributed by atoms with Crippen LogP contribution in [-0.4, -0.2) is 35.7 Å². The summed E-state index contributed by atoms with van der Waals surface area (Å²) in [7, 11) is 0. The highest BCUT2D eigenvalue weighted by atomic mass is 16.5. The molecule has 2 heteroatoms. The zero-order valence-electron chi connectivity index (χ0n) is 16.8. The van der Waals surface area contributed by atoms with Gasteiger partial charge in [0, 0.05) is 18.6 Å². The summed E-state index contributed by atoms with van der Waals surface area (Å²) in [5, 5.41) is 0. The molecule has 0 aromatic heterocycles. The molecular weight excluding hydrogens is 282 g/mol. The van der Waals surface area contributed by atoms with Gasteiger partial charge >= 0.3 is 0 Å². The normalized spacial score (nSPS) is 32.6. The Morgan fingerprint density at radius 3 is 1.96 bits per heavy atom. The molecule has 136 valence electrons. The highest BCUT2D eigenvalue weighted by Gasteiger charge is 2.37. The fraction of sp³-hybridized carbons (Fsp3) is 1.00. The van der Waals surface area contributed by atoms with Crippen molar-refractivity contribution in [3.05, 3.63) is 0 Å². The minimum Gasteiger partial charge on any atom is -0.375 e. The van der Waals surface area contributed by atoms with Crippen molar-refractivity contribution in [2.45, 2.75) is 111 Å². The van der Waals surface area contributed by atoms with Crippen LogP contribution in [0.1, 0.15) is 87.0 Å². The van der Waals surface area contributed by atoms with Gasteiger partial charge in [0.15, 0.2) is 0 Å². The molecule has 0 saturated heterocycles. The highest BCUT2D eigenvalue weighted by Crippen LogP contribution is 2.41. The Morgan fingerprint density at radius 1 is 0.957 bits per heavy atom. The molecule has 0 aliphatic heterocycles. The van der Waals surface area contributed by atoms with Crippen molar-refractivity contribution in [2.24, 2.45) is 17.3 Å².